The lowest BCUT2D eigenvalue weighted by Gasteiger charge is -2.09. The summed E-state index contributed by atoms with van der Waals surface area (Å²) in [5.41, 5.74) is 0.294. The fourth-order valence-electron chi connectivity index (χ4n) is 1.32. The normalized spacial score (nSPS) is 10.7. The highest BCUT2D eigenvalue weighted by Gasteiger charge is 2.07. The molecule has 0 bridgehead atoms. The molecule has 1 heterocycles. The molecule has 5 nitrogen and oxygen atoms in total. The summed E-state index contributed by atoms with van der Waals surface area (Å²) < 4.78 is 5.44. The van der Waals surface area contributed by atoms with E-state index in [0.717, 1.165) is 13.0 Å². The molecule has 0 saturated heterocycles. The van der Waals surface area contributed by atoms with E-state index in [9.17, 15) is 4.79 Å². The minimum absolute atomic E-state index is 0.165. The predicted molar refractivity (Wildman–Crippen MR) is 71.2 cm³/mol. The van der Waals surface area contributed by atoms with Gasteiger partial charge in [0, 0.05) is 19.8 Å². The van der Waals surface area contributed by atoms with Crippen LogP contribution in [0.1, 0.15) is 30.6 Å². The van der Waals surface area contributed by atoms with Crippen molar-refractivity contribution in [3.63, 3.8) is 0 Å². The molecule has 0 radical (unpaired) electrons. The average molecular weight is 272 g/mol. The Hall–Kier alpha value is -1.20. The van der Waals surface area contributed by atoms with Crippen molar-refractivity contribution in [1.29, 1.82) is 0 Å². The van der Waals surface area contributed by atoms with E-state index in [1.165, 1.54) is 6.33 Å². The maximum atomic E-state index is 10.8. The van der Waals surface area contributed by atoms with Gasteiger partial charge in [-0.05, 0) is 12.3 Å². The Balaban J connectivity index is 2.31. The standard InChI is InChI=1S/C12H18ClN3O2/c1-9(2)7-18-5-3-4-14-12-10(6-17)11(13)15-8-16-12/h6,8-9H,3-5,7H2,1-2H3,(H,14,15,16). The van der Waals surface area contributed by atoms with Crippen molar-refractivity contribution in [2.45, 2.75) is 20.3 Å². The smallest absolute Gasteiger partial charge is 0.156 e. The fraction of sp³-hybridized carbons (Fsp3) is 0.583. The molecule has 0 atom stereocenters. The minimum atomic E-state index is 0.165. The van der Waals surface area contributed by atoms with Gasteiger partial charge < -0.3 is 10.1 Å². The van der Waals surface area contributed by atoms with Gasteiger partial charge in [0.1, 0.15) is 17.3 Å². The zero-order valence-corrected chi connectivity index (χ0v) is 11.4. The van der Waals surface area contributed by atoms with Crippen molar-refractivity contribution in [2.24, 2.45) is 5.92 Å². The van der Waals surface area contributed by atoms with Crippen LogP contribution >= 0.6 is 11.6 Å². The molecule has 1 rings (SSSR count). The number of hydrogen-bond donors (Lipinski definition) is 1. The van der Waals surface area contributed by atoms with Gasteiger partial charge in [-0.3, -0.25) is 4.79 Å². The van der Waals surface area contributed by atoms with Crippen LogP contribution in [0.4, 0.5) is 5.82 Å². The molecule has 0 saturated carbocycles. The molecule has 1 aromatic heterocycles. The third-order valence-electron chi connectivity index (χ3n) is 2.16. The number of anilines is 1. The van der Waals surface area contributed by atoms with Crippen molar-refractivity contribution >= 4 is 23.7 Å². The highest BCUT2D eigenvalue weighted by Crippen LogP contribution is 2.16. The summed E-state index contributed by atoms with van der Waals surface area (Å²) >= 11 is 5.78. The van der Waals surface area contributed by atoms with Crippen LogP contribution in [0.3, 0.4) is 0 Å². The molecule has 0 aliphatic carbocycles. The Morgan fingerprint density at radius 3 is 2.94 bits per heavy atom. The fourth-order valence-corrected chi connectivity index (χ4v) is 1.50. The van der Waals surface area contributed by atoms with Gasteiger partial charge in [-0.15, -0.1) is 0 Å². The van der Waals surface area contributed by atoms with E-state index in [-0.39, 0.29) is 5.15 Å². The Bertz CT molecular complexity index is 386. The van der Waals surface area contributed by atoms with E-state index in [1.54, 1.807) is 0 Å². The number of aldehydes is 1. The molecule has 0 spiro atoms. The molecule has 0 fully saturated rings. The van der Waals surface area contributed by atoms with E-state index in [2.05, 4.69) is 29.1 Å². The molecule has 6 heteroatoms. The molecule has 1 N–H and O–H groups in total. The molecule has 0 aliphatic rings. The first-order valence-corrected chi connectivity index (χ1v) is 6.30. The van der Waals surface area contributed by atoms with Crippen LogP contribution < -0.4 is 5.32 Å². The van der Waals surface area contributed by atoms with Crippen LogP contribution in [0.15, 0.2) is 6.33 Å². The maximum absolute atomic E-state index is 10.8. The molecule has 0 amide bonds. The van der Waals surface area contributed by atoms with Crippen molar-refractivity contribution in [3.05, 3.63) is 17.0 Å². The lowest BCUT2D eigenvalue weighted by Crippen LogP contribution is -2.11. The highest BCUT2D eigenvalue weighted by molar-refractivity contribution is 6.32. The molecule has 0 unspecified atom stereocenters. The van der Waals surface area contributed by atoms with Crippen LogP contribution in [0.2, 0.25) is 5.15 Å². The number of ether oxygens (including phenoxy) is 1. The number of carbonyl (C=O) groups is 1. The van der Waals surface area contributed by atoms with E-state index in [4.69, 9.17) is 16.3 Å². The van der Waals surface area contributed by atoms with E-state index in [1.807, 2.05) is 0 Å². The Labute approximate surface area is 112 Å². The van der Waals surface area contributed by atoms with Gasteiger partial charge in [0.05, 0.1) is 5.56 Å². The number of hydrogen-bond acceptors (Lipinski definition) is 5. The van der Waals surface area contributed by atoms with E-state index >= 15 is 0 Å². The quantitative estimate of drug-likeness (QED) is 0.447. The van der Waals surface area contributed by atoms with Gasteiger partial charge in [0.2, 0.25) is 0 Å². The summed E-state index contributed by atoms with van der Waals surface area (Å²) in [7, 11) is 0. The third-order valence-corrected chi connectivity index (χ3v) is 2.46. The number of halogens is 1. The SMILES string of the molecule is CC(C)COCCCNc1ncnc(Cl)c1C=O. The first kappa shape index (κ1) is 14.9. The van der Waals surface area contributed by atoms with Crippen LogP contribution in [-0.2, 0) is 4.74 Å². The summed E-state index contributed by atoms with van der Waals surface area (Å²) in [6.45, 7) is 6.33. The topological polar surface area (TPSA) is 64.1 Å². The zero-order valence-electron chi connectivity index (χ0n) is 10.6. The van der Waals surface area contributed by atoms with Gasteiger partial charge in [0.15, 0.2) is 6.29 Å². The lowest BCUT2D eigenvalue weighted by atomic mass is 10.2. The summed E-state index contributed by atoms with van der Waals surface area (Å²) in [5, 5.41) is 3.21. The summed E-state index contributed by atoms with van der Waals surface area (Å²) in [4.78, 5) is 18.6. The zero-order chi connectivity index (χ0) is 13.4. The van der Waals surface area contributed by atoms with Crippen molar-refractivity contribution in [3.8, 4) is 0 Å². The largest absolute Gasteiger partial charge is 0.381 e. The van der Waals surface area contributed by atoms with Gasteiger partial charge in [-0.25, -0.2) is 9.97 Å². The number of nitrogens with zero attached hydrogens (tertiary/aromatic N) is 2. The molecular formula is C12H18ClN3O2. The van der Waals surface area contributed by atoms with Crippen molar-refractivity contribution < 1.29 is 9.53 Å². The first-order chi connectivity index (χ1) is 8.65. The number of rotatable bonds is 8. The Morgan fingerprint density at radius 1 is 1.50 bits per heavy atom. The Kier molecular flexibility index (Phi) is 6.60. The number of carbonyl (C=O) groups excluding carboxylic acids is 1. The van der Waals surface area contributed by atoms with Gasteiger partial charge >= 0.3 is 0 Å². The van der Waals surface area contributed by atoms with Crippen molar-refractivity contribution in [2.75, 3.05) is 25.1 Å². The molecule has 1 aromatic rings. The van der Waals surface area contributed by atoms with Gasteiger partial charge in [-0.2, -0.15) is 0 Å². The third kappa shape index (κ3) is 4.98. The molecule has 18 heavy (non-hydrogen) atoms. The molecule has 0 aliphatic heterocycles. The summed E-state index contributed by atoms with van der Waals surface area (Å²) in [6, 6.07) is 0. The molecular weight excluding hydrogens is 254 g/mol. The minimum Gasteiger partial charge on any atom is -0.381 e. The summed E-state index contributed by atoms with van der Waals surface area (Å²) in [5.74, 6) is 1.01. The van der Waals surface area contributed by atoms with Gasteiger partial charge in [-0.1, -0.05) is 25.4 Å². The monoisotopic (exact) mass is 271 g/mol. The second kappa shape index (κ2) is 8.00. The van der Waals surface area contributed by atoms with E-state index < -0.39 is 0 Å². The van der Waals surface area contributed by atoms with E-state index in [0.29, 0.717) is 36.7 Å². The predicted octanol–water partition coefficient (Wildman–Crippen LogP) is 2.42. The second-order valence-corrected chi connectivity index (χ2v) is 4.65. The summed E-state index contributed by atoms with van der Waals surface area (Å²) in [6.07, 6.45) is 2.82. The van der Waals surface area contributed by atoms with Gasteiger partial charge in [0.25, 0.3) is 0 Å². The number of aromatic nitrogens is 2. The number of nitrogens with one attached hydrogen (secondary N) is 1. The maximum Gasteiger partial charge on any atom is 0.156 e. The van der Waals surface area contributed by atoms with Crippen LogP contribution in [0.5, 0.6) is 0 Å². The Morgan fingerprint density at radius 2 is 2.28 bits per heavy atom. The lowest BCUT2D eigenvalue weighted by molar-refractivity contribution is 0.110. The highest BCUT2D eigenvalue weighted by atomic mass is 35.5. The molecule has 100 valence electrons. The first-order valence-electron chi connectivity index (χ1n) is 5.92. The van der Waals surface area contributed by atoms with Crippen LogP contribution in [-0.4, -0.2) is 36.0 Å². The second-order valence-electron chi connectivity index (χ2n) is 4.29. The van der Waals surface area contributed by atoms with Crippen LogP contribution in [0, 0.1) is 5.92 Å². The average Bonchev–Trinajstić information content (AvgIpc) is 2.33. The molecule has 0 aromatic carbocycles. The van der Waals surface area contributed by atoms with Crippen molar-refractivity contribution in [1.82, 2.24) is 9.97 Å². The van der Waals surface area contributed by atoms with Crippen LogP contribution in [0.25, 0.3) is 0 Å².